The van der Waals surface area contributed by atoms with E-state index in [1.165, 1.54) is 0 Å². The lowest BCUT2D eigenvalue weighted by molar-refractivity contribution is 0.216. The van der Waals surface area contributed by atoms with Gasteiger partial charge in [0.05, 0.1) is 11.9 Å². The van der Waals surface area contributed by atoms with Crippen LogP contribution in [0.5, 0.6) is 0 Å². The molecule has 0 spiro atoms. The van der Waals surface area contributed by atoms with Crippen LogP contribution < -0.4 is 0 Å². The van der Waals surface area contributed by atoms with Crippen molar-refractivity contribution < 1.29 is 18.1 Å². The van der Waals surface area contributed by atoms with E-state index < -0.39 is 22.0 Å². The largest absolute Gasteiger partial charge is 0.393 e. The summed E-state index contributed by atoms with van der Waals surface area (Å²) in [4.78, 5) is 0. The first-order valence-electron chi connectivity index (χ1n) is 2.38. The first kappa shape index (κ1) is 8.87. The van der Waals surface area contributed by atoms with Gasteiger partial charge in [-0.15, -0.1) is 0 Å². The van der Waals surface area contributed by atoms with Crippen LogP contribution in [0.3, 0.4) is 0 Å². The Balaban J connectivity index is 3.53. The predicted molar refractivity (Wildman–Crippen MR) is 32.4 cm³/mol. The number of aliphatic hydroxyl groups is 1. The summed E-state index contributed by atoms with van der Waals surface area (Å²) in [6.07, 6.45) is -0.953. The third-order valence-corrected chi connectivity index (χ3v) is 1.46. The van der Waals surface area contributed by atoms with Crippen LogP contribution in [0.1, 0.15) is 6.42 Å². The van der Waals surface area contributed by atoms with Crippen LogP contribution in [0, 0.1) is 6.92 Å². The second kappa shape index (κ2) is 3.14. The van der Waals surface area contributed by atoms with Gasteiger partial charge in [0.2, 0.25) is 0 Å². The summed E-state index contributed by atoms with van der Waals surface area (Å²) in [5, 5.41) is 8.43. The van der Waals surface area contributed by atoms with Gasteiger partial charge in [-0.05, 0) is 13.3 Å². The minimum atomic E-state index is -3.92. The Morgan fingerprint density at radius 3 is 2.11 bits per heavy atom. The van der Waals surface area contributed by atoms with E-state index in [1.807, 2.05) is 0 Å². The molecule has 0 amide bonds. The minimum absolute atomic E-state index is 0.0289. The van der Waals surface area contributed by atoms with Crippen molar-refractivity contribution in [1.29, 1.82) is 0 Å². The lowest BCUT2D eigenvalue weighted by Crippen LogP contribution is -2.10. The molecule has 0 bridgehead atoms. The van der Waals surface area contributed by atoms with Gasteiger partial charge < -0.3 is 5.11 Å². The molecule has 0 heterocycles. The topological polar surface area (TPSA) is 74.6 Å². The normalized spacial score (nSPS) is 15.4. The maximum Gasteiger partial charge on any atom is 0.264 e. The van der Waals surface area contributed by atoms with Crippen LogP contribution >= 0.6 is 0 Å². The molecular formula is C4H9O4S. The van der Waals surface area contributed by atoms with Gasteiger partial charge in [-0.25, -0.2) is 0 Å². The zero-order valence-electron chi connectivity index (χ0n) is 4.82. The Bertz CT molecular complexity index is 157. The fourth-order valence-corrected chi connectivity index (χ4v) is 0.855. The van der Waals surface area contributed by atoms with Crippen molar-refractivity contribution in [1.82, 2.24) is 0 Å². The molecule has 2 N–H and O–H groups in total. The molecule has 0 rings (SSSR count). The predicted octanol–water partition coefficient (Wildman–Crippen LogP) is -0.541. The van der Waals surface area contributed by atoms with E-state index >= 15 is 0 Å². The molecule has 4 nitrogen and oxygen atoms in total. The maximum absolute atomic E-state index is 9.95. The Hall–Kier alpha value is -0.130. The minimum Gasteiger partial charge on any atom is -0.393 e. The molecular weight excluding hydrogens is 144 g/mol. The molecule has 0 aliphatic rings. The molecule has 0 aliphatic heterocycles. The fraction of sp³-hybridized carbons (Fsp3) is 0.750. The molecule has 5 heteroatoms. The van der Waals surface area contributed by atoms with Crippen LogP contribution in [0.15, 0.2) is 0 Å². The van der Waals surface area contributed by atoms with Crippen molar-refractivity contribution >= 4 is 10.1 Å². The van der Waals surface area contributed by atoms with Crippen molar-refractivity contribution in [3.05, 3.63) is 6.92 Å². The summed E-state index contributed by atoms with van der Waals surface area (Å²) in [6, 6.07) is 0. The van der Waals surface area contributed by atoms with Gasteiger partial charge in [0.25, 0.3) is 10.1 Å². The van der Waals surface area contributed by atoms with E-state index in [0.717, 1.165) is 0 Å². The number of aliphatic hydroxyl groups excluding tert-OH is 1. The zero-order chi connectivity index (χ0) is 7.49. The monoisotopic (exact) mass is 153 g/mol. The lowest BCUT2D eigenvalue weighted by atomic mass is 10.3. The van der Waals surface area contributed by atoms with Crippen molar-refractivity contribution in [2.75, 3.05) is 5.75 Å². The second-order valence-corrected chi connectivity index (χ2v) is 3.30. The third kappa shape index (κ3) is 7.87. The molecule has 1 radical (unpaired) electrons. The fourth-order valence-electron chi connectivity index (χ4n) is 0.285. The summed E-state index contributed by atoms with van der Waals surface area (Å²) < 4.78 is 28.0. The number of hydrogen-bond donors (Lipinski definition) is 2. The number of rotatable bonds is 3. The number of hydrogen-bond acceptors (Lipinski definition) is 3. The van der Waals surface area contributed by atoms with Crippen LogP contribution in [0.25, 0.3) is 0 Å². The summed E-state index contributed by atoms with van der Waals surface area (Å²) in [6.45, 7) is 3.12. The summed E-state index contributed by atoms with van der Waals surface area (Å²) in [5.74, 6) is -0.433. The van der Waals surface area contributed by atoms with E-state index in [2.05, 4.69) is 6.92 Å². The highest BCUT2D eigenvalue weighted by Gasteiger charge is 2.05. The highest BCUT2D eigenvalue weighted by atomic mass is 32.2. The molecule has 0 fully saturated rings. The molecule has 1 atom stereocenters. The van der Waals surface area contributed by atoms with E-state index in [-0.39, 0.29) is 6.42 Å². The van der Waals surface area contributed by atoms with Gasteiger partial charge in [0.1, 0.15) is 0 Å². The molecule has 55 valence electrons. The lowest BCUT2D eigenvalue weighted by Gasteiger charge is -1.98. The smallest absolute Gasteiger partial charge is 0.264 e. The average Bonchev–Trinajstić information content (AvgIpc) is 1.59. The Labute approximate surface area is 54.3 Å². The SMILES string of the molecule is [CH2]C(O)CCS(=O)(=O)O. The molecule has 1 unspecified atom stereocenters. The van der Waals surface area contributed by atoms with Gasteiger partial charge in [0, 0.05) is 0 Å². The van der Waals surface area contributed by atoms with Gasteiger partial charge in [-0.3, -0.25) is 4.55 Å². The molecule has 0 saturated heterocycles. The Kier molecular flexibility index (Phi) is 3.10. The van der Waals surface area contributed by atoms with Crippen molar-refractivity contribution in [3.63, 3.8) is 0 Å². The second-order valence-electron chi connectivity index (χ2n) is 1.73. The third-order valence-electron chi connectivity index (χ3n) is 0.709. The van der Waals surface area contributed by atoms with Gasteiger partial charge in [-0.2, -0.15) is 8.42 Å². The average molecular weight is 153 g/mol. The van der Waals surface area contributed by atoms with Crippen molar-refractivity contribution in [3.8, 4) is 0 Å². The first-order valence-corrected chi connectivity index (χ1v) is 3.99. The molecule has 0 aromatic carbocycles. The highest BCUT2D eigenvalue weighted by Crippen LogP contribution is 1.92. The molecule has 9 heavy (non-hydrogen) atoms. The van der Waals surface area contributed by atoms with Crippen LogP contribution in [-0.2, 0) is 10.1 Å². The summed E-state index contributed by atoms with van der Waals surface area (Å²) in [5.41, 5.74) is 0. The molecule has 0 aromatic heterocycles. The van der Waals surface area contributed by atoms with E-state index in [0.29, 0.717) is 0 Å². The van der Waals surface area contributed by atoms with Gasteiger partial charge >= 0.3 is 0 Å². The van der Waals surface area contributed by atoms with Gasteiger partial charge in [-0.1, -0.05) is 0 Å². The molecule has 0 saturated carbocycles. The summed E-state index contributed by atoms with van der Waals surface area (Å²) >= 11 is 0. The van der Waals surface area contributed by atoms with Crippen LogP contribution in [-0.4, -0.2) is 29.9 Å². The van der Waals surface area contributed by atoms with E-state index in [1.54, 1.807) is 0 Å². The molecule has 0 aliphatic carbocycles. The quantitative estimate of drug-likeness (QED) is 0.534. The van der Waals surface area contributed by atoms with E-state index in [9.17, 15) is 8.42 Å². The first-order chi connectivity index (χ1) is 3.92. The van der Waals surface area contributed by atoms with Crippen molar-refractivity contribution in [2.24, 2.45) is 0 Å². The zero-order valence-corrected chi connectivity index (χ0v) is 5.63. The summed E-state index contributed by atoms with van der Waals surface area (Å²) in [7, 11) is -3.92. The van der Waals surface area contributed by atoms with Crippen molar-refractivity contribution in [2.45, 2.75) is 12.5 Å². The van der Waals surface area contributed by atoms with Crippen LogP contribution in [0.2, 0.25) is 0 Å². The Morgan fingerprint density at radius 1 is 1.56 bits per heavy atom. The Morgan fingerprint density at radius 2 is 2.00 bits per heavy atom. The van der Waals surface area contributed by atoms with Gasteiger partial charge in [0.15, 0.2) is 0 Å². The van der Waals surface area contributed by atoms with E-state index in [4.69, 9.17) is 9.66 Å². The van der Waals surface area contributed by atoms with Crippen LogP contribution in [0.4, 0.5) is 0 Å². The standard InChI is InChI=1S/C4H9O4S/c1-4(5)2-3-9(6,7)8/h4-5H,1-3H2,(H,6,7,8). The maximum atomic E-state index is 9.95. The highest BCUT2D eigenvalue weighted by molar-refractivity contribution is 7.85. The molecule has 0 aromatic rings.